The minimum atomic E-state index is -0.106. The van der Waals surface area contributed by atoms with E-state index in [-0.39, 0.29) is 12.3 Å². The van der Waals surface area contributed by atoms with Crippen LogP contribution in [0.15, 0.2) is 47.1 Å². The lowest BCUT2D eigenvalue weighted by Crippen LogP contribution is -2.31. The summed E-state index contributed by atoms with van der Waals surface area (Å²) >= 11 is 0. The molecule has 0 spiro atoms. The largest absolute Gasteiger partial charge is 0.497 e. The molecule has 1 aliphatic heterocycles. The molecule has 1 aliphatic rings. The molecule has 0 atom stereocenters. The number of ether oxygens (including phenoxy) is 1. The van der Waals surface area contributed by atoms with Gasteiger partial charge in [0.05, 0.1) is 12.8 Å². The third kappa shape index (κ3) is 4.76. The van der Waals surface area contributed by atoms with Crippen LogP contribution in [0.1, 0.15) is 31.6 Å². The molecule has 8 nitrogen and oxygen atoms in total. The quantitative estimate of drug-likeness (QED) is 0.638. The second-order valence-electron chi connectivity index (χ2n) is 7.21. The minimum absolute atomic E-state index is 0.106. The number of aromatic nitrogens is 3. The van der Waals surface area contributed by atoms with Crippen LogP contribution < -0.4 is 15.0 Å². The van der Waals surface area contributed by atoms with E-state index in [0.717, 1.165) is 48.7 Å². The van der Waals surface area contributed by atoms with Crippen molar-refractivity contribution in [2.75, 3.05) is 30.4 Å². The fourth-order valence-corrected chi connectivity index (χ4v) is 3.50. The molecule has 2 aromatic heterocycles. The molecule has 8 heteroatoms. The fourth-order valence-electron chi connectivity index (χ4n) is 3.50. The predicted molar refractivity (Wildman–Crippen MR) is 114 cm³/mol. The molecule has 0 radical (unpaired) electrons. The molecule has 156 valence electrons. The number of amides is 1. The molecule has 0 aliphatic carbocycles. The fraction of sp³-hybridized carbons (Fsp3) is 0.364. The van der Waals surface area contributed by atoms with Gasteiger partial charge < -0.3 is 19.5 Å². The van der Waals surface area contributed by atoms with Crippen molar-refractivity contribution in [3.63, 3.8) is 0 Å². The van der Waals surface area contributed by atoms with E-state index < -0.39 is 0 Å². The molecule has 1 fully saturated rings. The number of benzene rings is 1. The molecule has 0 bridgehead atoms. The molecule has 1 saturated heterocycles. The van der Waals surface area contributed by atoms with Crippen LogP contribution in [-0.2, 0) is 11.2 Å². The Labute approximate surface area is 175 Å². The lowest BCUT2D eigenvalue weighted by Gasteiger charge is -2.29. The van der Waals surface area contributed by atoms with Gasteiger partial charge in [-0.3, -0.25) is 4.79 Å². The van der Waals surface area contributed by atoms with Crippen LogP contribution in [0.25, 0.3) is 11.4 Å². The Balaban J connectivity index is 1.35. The maximum Gasteiger partial charge on any atom is 0.227 e. The highest BCUT2D eigenvalue weighted by atomic mass is 16.5. The number of hydrogen-bond donors (Lipinski definition) is 1. The molecule has 30 heavy (non-hydrogen) atoms. The van der Waals surface area contributed by atoms with E-state index in [0.29, 0.717) is 18.1 Å². The van der Waals surface area contributed by atoms with E-state index in [1.807, 2.05) is 36.4 Å². The van der Waals surface area contributed by atoms with E-state index in [1.54, 1.807) is 13.3 Å². The van der Waals surface area contributed by atoms with Gasteiger partial charge in [0.2, 0.25) is 17.6 Å². The van der Waals surface area contributed by atoms with Crippen LogP contribution in [0.2, 0.25) is 0 Å². The highest BCUT2D eigenvalue weighted by molar-refractivity contribution is 5.93. The molecule has 3 heterocycles. The van der Waals surface area contributed by atoms with Crippen LogP contribution in [0.5, 0.6) is 5.75 Å². The number of nitrogens with zero attached hydrogens (tertiary/aromatic N) is 4. The molecule has 1 N–H and O–H groups in total. The topological polar surface area (TPSA) is 93.4 Å². The smallest absolute Gasteiger partial charge is 0.227 e. The summed E-state index contributed by atoms with van der Waals surface area (Å²) in [5, 5.41) is 6.99. The van der Waals surface area contributed by atoms with Gasteiger partial charge in [-0.2, -0.15) is 4.98 Å². The number of carbonyl (C=O) groups is 1. The lowest BCUT2D eigenvalue weighted by atomic mass is 10.1. The number of aryl methyl sites for hydroxylation is 1. The highest BCUT2D eigenvalue weighted by Gasteiger charge is 2.17. The summed E-state index contributed by atoms with van der Waals surface area (Å²) in [6.07, 6.45) is 5.93. The highest BCUT2D eigenvalue weighted by Crippen LogP contribution is 2.26. The zero-order valence-electron chi connectivity index (χ0n) is 17.0. The summed E-state index contributed by atoms with van der Waals surface area (Å²) in [5.74, 6) is 2.42. The lowest BCUT2D eigenvalue weighted by molar-refractivity contribution is -0.116. The Morgan fingerprint density at radius 1 is 1.17 bits per heavy atom. The number of hydrogen-bond acceptors (Lipinski definition) is 7. The Morgan fingerprint density at radius 3 is 2.73 bits per heavy atom. The van der Waals surface area contributed by atoms with Crippen molar-refractivity contribution >= 4 is 17.4 Å². The van der Waals surface area contributed by atoms with Crippen molar-refractivity contribution in [2.24, 2.45) is 0 Å². The average Bonchev–Trinajstić information content (AvgIpc) is 3.28. The van der Waals surface area contributed by atoms with Crippen molar-refractivity contribution in [3.8, 4) is 17.1 Å². The number of pyridine rings is 1. The molecule has 4 rings (SSSR count). The summed E-state index contributed by atoms with van der Waals surface area (Å²) in [6.45, 7) is 1.94. The molecular formula is C22H25N5O3. The zero-order valence-corrected chi connectivity index (χ0v) is 17.0. The molecule has 1 aromatic carbocycles. The monoisotopic (exact) mass is 407 g/mol. The second-order valence-corrected chi connectivity index (χ2v) is 7.21. The van der Waals surface area contributed by atoms with Crippen molar-refractivity contribution in [1.82, 2.24) is 15.1 Å². The van der Waals surface area contributed by atoms with Gasteiger partial charge >= 0.3 is 0 Å². The van der Waals surface area contributed by atoms with Crippen LogP contribution >= 0.6 is 0 Å². The molecule has 0 unspecified atom stereocenters. The van der Waals surface area contributed by atoms with Crippen LogP contribution in [0.3, 0.4) is 0 Å². The second kappa shape index (κ2) is 9.39. The van der Waals surface area contributed by atoms with Crippen LogP contribution in [-0.4, -0.2) is 41.2 Å². The summed E-state index contributed by atoms with van der Waals surface area (Å²) in [7, 11) is 1.62. The summed E-state index contributed by atoms with van der Waals surface area (Å²) in [5.41, 5.74) is 1.57. The molecule has 3 aromatic rings. The predicted octanol–water partition coefficient (Wildman–Crippen LogP) is 3.70. The first-order valence-corrected chi connectivity index (χ1v) is 10.2. The molecule has 0 saturated carbocycles. The van der Waals surface area contributed by atoms with Crippen molar-refractivity contribution in [3.05, 3.63) is 48.5 Å². The third-order valence-corrected chi connectivity index (χ3v) is 5.10. The van der Waals surface area contributed by atoms with Crippen LogP contribution in [0.4, 0.5) is 11.5 Å². The van der Waals surface area contributed by atoms with Gasteiger partial charge in [-0.05, 0) is 55.7 Å². The normalized spacial score (nSPS) is 13.8. The van der Waals surface area contributed by atoms with Gasteiger partial charge in [-0.25, -0.2) is 4.98 Å². The van der Waals surface area contributed by atoms with Gasteiger partial charge in [-0.15, -0.1) is 0 Å². The summed E-state index contributed by atoms with van der Waals surface area (Å²) in [6, 6.07) is 11.1. The summed E-state index contributed by atoms with van der Waals surface area (Å²) < 4.78 is 10.5. The first-order chi connectivity index (χ1) is 14.7. The van der Waals surface area contributed by atoms with Gasteiger partial charge in [0.25, 0.3) is 0 Å². The van der Waals surface area contributed by atoms with Gasteiger partial charge in [0, 0.05) is 37.7 Å². The number of anilines is 2. The van der Waals surface area contributed by atoms with Gasteiger partial charge in [0.1, 0.15) is 5.75 Å². The van der Waals surface area contributed by atoms with Crippen molar-refractivity contribution < 1.29 is 14.1 Å². The average molecular weight is 407 g/mol. The first kappa shape index (κ1) is 19.9. The SMILES string of the molecule is COc1ccc(-c2noc(CCC(=O)Nc3cccnc3N3CCCCC3)n2)cc1. The Bertz CT molecular complexity index is 980. The molecule has 1 amide bonds. The Kier molecular flexibility index (Phi) is 6.22. The Morgan fingerprint density at radius 2 is 1.97 bits per heavy atom. The minimum Gasteiger partial charge on any atom is -0.497 e. The maximum absolute atomic E-state index is 12.5. The number of carbonyl (C=O) groups excluding carboxylic acids is 1. The van der Waals surface area contributed by atoms with Crippen molar-refractivity contribution in [1.29, 1.82) is 0 Å². The van der Waals surface area contributed by atoms with E-state index >= 15 is 0 Å². The molecular weight excluding hydrogens is 382 g/mol. The number of nitrogens with one attached hydrogen (secondary N) is 1. The Hall–Kier alpha value is -3.42. The first-order valence-electron chi connectivity index (χ1n) is 10.2. The van der Waals surface area contributed by atoms with Gasteiger partial charge in [0.15, 0.2) is 5.82 Å². The van der Waals surface area contributed by atoms with Crippen molar-refractivity contribution in [2.45, 2.75) is 32.1 Å². The zero-order chi connectivity index (χ0) is 20.8. The van der Waals surface area contributed by atoms with Gasteiger partial charge in [-0.1, -0.05) is 5.16 Å². The van der Waals surface area contributed by atoms with E-state index in [4.69, 9.17) is 9.26 Å². The van der Waals surface area contributed by atoms with E-state index in [1.165, 1.54) is 6.42 Å². The van der Waals surface area contributed by atoms with Crippen LogP contribution in [0, 0.1) is 0 Å². The number of rotatable bonds is 7. The maximum atomic E-state index is 12.5. The van der Waals surface area contributed by atoms with E-state index in [9.17, 15) is 4.79 Å². The number of piperidine rings is 1. The number of methoxy groups -OCH3 is 1. The standard InChI is InChI=1S/C22H25N5O3/c1-29-17-9-7-16(8-10-17)21-25-20(30-26-21)12-11-19(28)24-18-6-5-13-23-22(18)27-14-3-2-4-15-27/h5-10,13H,2-4,11-12,14-15H2,1H3,(H,24,28). The van der Waals surface area contributed by atoms with E-state index in [2.05, 4.69) is 25.3 Å². The summed E-state index contributed by atoms with van der Waals surface area (Å²) in [4.78, 5) is 23.6. The third-order valence-electron chi connectivity index (χ3n) is 5.10.